The fourth-order valence-electron chi connectivity index (χ4n) is 3.09. The number of nitrogens with zero attached hydrogens (tertiary/aromatic N) is 1. The molecule has 0 aromatic carbocycles. The van der Waals surface area contributed by atoms with Crippen LogP contribution < -0.4 is 0 Å². The molecule has 2 fully saturated rings. The van der Waals surface area contributed by atoms with Gasteiger partial charge in [-0.2, -0.15) is 0 Å². The van der Waals surface area contributed by atoms with E-state index in [2.05, 4.69) is 11.8 Å². The third kappa shape index (κ3) is 3.46. The van der Waals surface area contributed by atoms with Crippen molar-refractivity contribution in [3.8, 4) is 0 Å². The highest BCUT2D eigenvalue weighted by Gasteiger charge is 2.46. The third-order valence-electron chi connectivity index (χ3n) is 3.41. The van der Waals surface area contributed by atoms with E-state index in [-0.39, 0.29) is 0 Å². The lowest BCUT2D eigenvalue weighted by Crippen LogP contribution is -2.42. The molecule has 2 unspecified atom stereocenters. The van der Waals surface area contributed by atoms with Crippen LogP contribution >= 0.6 is 0 Å². The molecule has 0 aromatic heterocycles. The highest BCUT2D eigenvalue weighted by Crippen LogP contribution is 2.41. The van der Waals surface area contributed by atoms with Crippen molar-refractivity contribution >= 4 is 0 Å². The molecule has 16 heavy (non-hydrogen) atoms. The molecule has 0 radical (unpaired) electrons. The molecule has 2 heterocycles. The largest absolute Gasteiger partial charge is 0.383 e. The van der Waals surface area contributed by atoms with E-state index in [0.29, 0.717) is 5.54 Å². The van der Waals surface area contributed by atoms with Crippen LogP contribution in [0.2, 0.25) is 0 Å². The van der Waals surface area contributed by atoms with E-state index < -0.39 is 0 Å². The third-order valence-corrected chi connectivity index (χ3v) is 3.41. The number of ether oxygens (including phenoxy) is 1. The SMILES string of the molecule is CC.CC.COCC12CCCN1CC(C)C2. The van der Waals surface area contributed by atoms with Gasteiger partial charge in [0.2, 0.25) is 0 Å². The van der Waals surface area contributed by atoms with Crippen molar-refractivity contribution in [3.05, 3.63) is 0 Å². The second-order valence-electron chi connectivity index (χ2n) is 4.52. The van der Waals surface area contributed by atoms with Crippen LogP contribution in [0.15, 0.2) is 0 Å². The predicted octanol–water partition coefficient (Wildman–Crippen LogP) is 3.56. The highest BCUT2D eigenvalue weighted by atomic mass is 16.5. The van der Waals surface area contributed by atoms with E-state index in [1.54, 1.807) is 0 Å². The molecule has 2 nitrogen and oxygen atoms in total. The summed E-state index contributed by atoms with van der Waals surface area (Å²) in [6, 6.07) is 0. The summed E-state index contributed by atoms with van der Waals surface area (Å²) in [7, 11) is 1.83. The number of fused-ring (bicyclic) bond motifs is 1. The quantitative estimate of drug-likeness (QED) is 0.718. The topological polar surface area (TPSA) is 12.5 Å². The Labute approximate surface area is 102 Å². The minimum atomic E-state index is 0.439. The molecule has 2 aliphatic heterocycles. The molecule has 2 heteroatoms. The Morgan fingerprint density at radius 3 is 2.44 bits per heavy atom. The van der Waals surface area contributed by atoms with Gasteiger partial charge in [0, 0.05) is 19.2 Å². The van der Waals surface area contributed by atoms with Crippen LogP contribution in [0.4, 0.5) is 0 Å². The monoisotopic (exact) mass is 229 g/mol. The normalized spacial score (nSPS) is 32.2. The van der Waals surface area contributed by atoms with E-state index in [4.69, 9.17) is 4.74 Å². The fraction of sp³-hybridized carbons (Fsp3) is 1.00. The maximum Gasteiger partial charge on any atom is 0.0646 e. The molecule has 0 spiro atoms. The van der Waals surface area contributed by atoms with Gasteiger partial charge in [0.25, 0.3) is 0 Å². The van der Waals surface area contributed by atoms with Crippen LogP contribution in [0.5, 0.6) is 0 Å². The van der Waals surface area contributed by atoms with Crippen molar-refractivity contribution in [2.24, 2.45) is 5.92 Å². The zero-order chi connectivity index (χ0) is 12.6. The van der Waals surface area contributed by atoms with Gasteiger partial charge in [-0.3, -0.25) is 4.90 Å². The van der Waals surface area contributed by atoms with Crippen LogP contribution in [-0.2, 0) is 4.74 Å². The molecule has 2 saturated heterocycles. The summed E-state index contributed by atoms with van der Waals surface area (Å²) in [5.41, 5.74) is 0.439. The fourth-order valence-corrected chi connectivity index (χ4v) is 3.09. The summed E-state index contributed by atoms with van der Waals surface area (Å²) in [5, 5.41) is 0. The van der Waals surface area contributed by atoms with E-state index in [1.165, 1.54) is 32.4 Å². The minimum absolute atomic E-state index is 0.439. The van der Waals surface area contributed by atoms with E-state index in [9.17, 15) is 0 Å². The Morgan fingerprint density at radius 1 is 1.25 bits per heavy atom. The first kappa shape index (κ1) is 15.9. The maximum absolute atomic E-state index is 5.34. The average Bonchev–Trinajstić information content (AvgIpc) is 2.80. The highest BCUT2D eigenvalue weighted by molar-refractivity contribution is 5.02. The van der Waals surface area contributed by atoms with Crippen LogP contribution in [0.3, 0.4) is 0 Å². The molecule has 2 rings (SSSR count). The number of rotatable bonds is 2. The Morgan fingerprint density at radius 2 is 1.88 bits per heavy atom. The standard InChI is InChI=1S/C10H19NO.2C2H6/c1-9-6-10(8-12-2)4-3-5-11(10)7-9;2*1-2/h9H,3-8H2,1-2H3;2*1-2H3. The average molecular weight is 229 g/mol. The van der Waals surface area contributed by atoms with Gasteiger partial charge in [-0.1, -0.05) is 34.6 Å². The van der Waals surface area contributed by atoms with E-state index in [1.807, 2.05) is 34.8 Å². The number of methoxy groups -OCH3 is 1. The van der Waals surface area contributed by atoms with E-state index in [0.717, 1.165) is 12.5 Å². The first-order valence-electron chi connectivity index (χ1n) is 7.01. The summed E-state index contributed by atoms with van der Waals surface area (Å²) in [4.78, 5) is 2.64. The molecule has 2 atom stereocenters. The summed E-state index contributed by atoms with van der Waals surface area (Å²) >= 11 is 0. The van der Waals surface area contributed by atoms with Gasteiger partial charge >= 0.3 is 0 Å². The summed E-state index contributed by atoms with van der Waals surface area (Å²) in [5.74, 6) is 0.875. The van der Waals surface area contributed by atoms with Crippen molar-refractivity contribution in [1.29, 1.82) is 0 Å². The molecule has 0 amide bonds. The van der Waals surface area contributed by atoms with Gasteiger partial charge in [0.1, 0.15) is 0 Å². The smallest absolute Gasteiger partial charge is 0.0646 e. The summed E-state index contributed by atoms with van der Waals surface area (Å²) in [6.45, 7) is 13.9. The Hall–Kier alpha value is -0.0800. The lowest BCUT2D eigenvalue weighted by atomic mass is 9.92. The maximum atomic E-state index is 5.34. The Kier molecular flexibility index (Phi) is 8.04. The molecule has 0 bridgehead atoms. The van der Waals surface area contributed by atoms with Crippen molar-refractivity contribution in [2.75, 3.05) is 26.8 Å². The van der Waals surface area contributed by atoms with Crippen LogP contribution in [-0.4, -0.2) is 37.2 Å². The van der Waals surface area contributed by atoms with Gasteiger partial charge in [-0.25, -0.2) is 0 Å². The van der Waals surface area contributed by atoms with Gasteiger partial charge in [-0.05, 0) is 31.7 Å². The van der Waals surface area contributed by atoms with Crippen LogP contribution in [0.25, 0.3) is 0 Å². The van der Waals surface area contributed by atoms with Crippen LogP contribution in [0, 0.1) is 5.92 Å². The minimum Gasteiger partial charge on any atom is -0.383 e. The lowest BCUT2D eigenvalue weighted by molar-refractivity contribution is 0.0653. The van der Waals surface area contributed by atoms with Crippen molar-refractivity contribution in [1.82, 2.24) is 4.90 Å². The molecule has 2 aliphatic rings. The second-order valence-corrected chi connectivity index (χ2v) is 4.52. The summed E-state index contributed by atoms with van der Waals surface area (Å²) < 4.78 is 5.34. The zero-order valence-corrected chi connectivity index (χ0v) is 12.2. The van der Waals surface area contributed by atoms with Crippen molar-refractivity contribution in [2.45, 2.75) is 59.4 Å². The predicted molar refractivity (Wildman–Crippen MR) is 71.9 cm³/mol. The second kappa shape index (κ2) is 8.08. The van der Waals surface area contributed by atoms with Gasteiger partial charge < -0.3 is 4.74 Å². The molecule has 0 N–H and O–H groups in total. The van der Waals surface area contributed by atoms with Gasteiger partial charge in [-0.15, -0.1) is 0 Å². The van der Waals surface area contributed by atoms with Crippen LogP contribution in [0.1, 0.15) is 53.9 Å². The van der Waals surface area contributed by atoms with E-state index >= 15 is 0 Å². The molecule has 98 valence electrons. The molecule has 0 aromatic rings. The molecular formula is C14H31NO. The first-order valence-corrected chi connectivity index (χ1v) is 7.01. The molecule has 0 saturated carbocycles. The number of hydrogen-bond acceptors (Lipinski definition) is 2. The number of hydrogen-bond donors (Lipinski definition) is 0. The van der Waals surface area contributed by atoms with Crippen molar-refractivity contribution < 1.29 is 4.74 Å². The Balaban J connectivity index is 0.000000509. The van der Waals surface area contributed by atoms with Crippen molar-refractivity contribution in [3.63, 3.8) is 0 Å². The zero-order valence-electron chi connectivity index (χ0n) is 12.2. The van der Waals surface area contributed by atoms with Gasteiger partial charge in [0.05, 0.1) is 6.61 Å². The first-order chi connectivity index (χ1) is 7.77. The van der Waals surface area contributed by atoms with Gasteiger partial charge in [0.15, 0.2) is 0 Å². The summed E-state index contributed by atoms with van der Waals surface area (Å²) in [6.07, 6.45) is 4.07. The molecular weight excluding hydrogens is 198 g/mol. The molecule has 0 aliphatic carbocycles. The lowest BCUT2D eigenvalue weighted by Gasteiger charge is -2.30. The Bertz CT molecular complexity index is 172.